The van der Waals surface area contributed by atoms with E-state index in [9.17, 15) is 22.4 Å². The molecule has 0 spiro atoms. The first-order valence-electron chi connectivity index (χ1n) is 6.50. The number of aromatic nitrogens is 2. The lowest BCUT2D eigenvalue weighted by atomic mass is 10.2. The third kappa shape index (κ3) is 2.96. The molecule has 9 heteroatoms. The zero-order chi connectivity index (χ0) is 17.3. The lowest BCUT2D eigenvalue weighted by Crippen LogP contribution is -2.16. The molecule has 2 aromatic carbocycles. The highest BCUT2D eigenvalue weighted by Crippen LogP contribution is 2.24. The van der Waals surface area contributed by atoms with Gasteiger partial charge in [0.05, 0.1) is 5.56 Å². The van der Waals surface area contributed by atoms with Gasteiger partial charge in [0, 0.05) is 6.07 Å². The third-order valence-corrected chi connectivity index (χ3v) is 3.00. The van der Waals surface area contributed by atoms with Crippen molar-refractivity contribution in [1.82, 2.24) is 10.2 Å². The number of carbonyl (C=O) groups is 1. The molecular formula is C15H7F4N3O2. The summed E-state index contributed by atoms with van der Waals surface area (Å²) in [5, 5.41) is 8.92. The summed E-state index contributed by atoms with van der Waals surface area (Å²) in [6.45, 7) is 0. The zero-order valence-electron chi connectivity index (χ0n) is 11.7. The highest BCUT2D eigenvalue weighted by Gasteiger charge is 2.20. The molecule has 1 amide bonds. The van der Waals surface area contributed by atoms with Crippen molar-refractivity contribution in [3.8, 4) is 11.5 Å². The van der Waals surface area contributed by atoms with Crippen molar-refractivity contribution in [2.24, 2.45) is 0 Å². The summed E-state index contributed by atoms with van der Waals surface area (Å²) in [6.07, 6.45) is 0. The smallest absolute Gasteiger partial charge is 0.322 e. The molecular weight excluding hydrogens is 330 g/mol. The van der Waals surface area contributed by atoms with E-state index in [4.69, 9.17) is 4.42 Å². The first-order chi connectivity index (χ1) is 11.5. The number of nitrogens with zero attached hydrogens (tertiary/aromatic N) is 2. The lowest BCUT2D eigenvalue weighted by Gasteiger charge is -2.03. The fourth-order valence-corrected chi connectivity index (χ4v) is 1.92. The Morgan fingerprint density at radius 1 is 0.958 bits per heavy atom. The van der Waals surface area contributed by atoms with Crippen LogP contribution in [0.4, 0.5) is 23.6 Å². The molecule has 0 bridgehead atoms. The van der Waals surface area contributed by atoms with Crippen LogP contribution >= 0.6 is 0 Å². The van der Waals surface area contributed by atoms with Gasteiger partial charge in [-0.25, -0.2) is 17.6 Å². The molecule has 0 aliphatic heterocycles. The second-order valence-corrected chi connectivity index (χ2v) is 4.59. The highest BCUT2D eigenvalue weighted by molar-refractivity contribution is 6.03. The number of rotatable bonds is 3. The summed E-state index contributed by atoms with van der Waals surface area (Å²) in [7, 11) is 0. The van der Waals surface area contributed by atoms with Crippen molar-refractivity contribution in [2.45, 2.75) is 0 Å². The average Bonchev–Trinajstić information content (AvgIpc) is 2.95. The molecule has 0 unspecified atom stereocenters. The molecule has 1 heterocycles. The van der Waals surface area contributed by atoms with Crippen LogP contribution in [0.5, 0.6) is 0 Å². The molecule has 0 radical (unpaired) electrons. The number of hydrogen-bond acceptors (Lipinski definition) is 4. The largest absolute Gasteiger partial charge is 0.403 e. The maximum absolute atomic E-state index is 13.6. The van der Waals surface area contributed by atoms with E-state index < -0.39 is 40.8 Å². The second kappa shape index (κ2) is 6.11. The fourth-order valence-electron chi connectivity index (χ4n) is 1.92. The van der Waals surface area contributed by atoms with E-state index in [0.29, 0.717) is 6.07 Å². The standard InChI is InChI=1S/C15H7F4N3O2/c16-7-4-5-8(11(19)6-7)14-21-22-15(24-14)20-13(23)12-9(17)2-1-3-10(12)18/h1-6H,(H,20,22,23). The topological polar surface area (TPSA) is 68.0 Å². The van der Waals surface area contributed by atoms with Crippen LogP contribution in [0, 0.1) is 23.3 Å². The van der Waals surface area contributed by atoms with Crippen LogP contribution in [0.3, 0.4) is 0 Å². The second-order valence-electron chi connectivity index (χ2n) is 4.59. The lowest BCUT2D eigenvalue weighted by molar-refractivity contribution is 0.101. The van der Waals surface area contributed by atoms with Gasteiger partial charge in [0.1, 0.15) is 28.8 Å². The molecule has 1 aromatic heterocycles. The maximum Gasteiger partial charge on any atom is 0.322 e. The molecule has 0 atom stereocenters. The summed E-state index contributed by atoms with van der Waals surface area (Å²) >= 11 is 0. The minimum Gasteiger partial charge on any atom is -0.403 e. The van der Waals surface area contributed by atoms with Crippen LogP contribution in [0.2, 0.25) is 0 Å². The van der Waals surface area contributed by atoms with E-state index >= 15 is 0 Å². The number of amides is 1. The molecule has 0 aliphatic rings. The molecule has 122 valence electrons. The van der Waals surface area contributed by atoms with Gasteiger partial charge in [-0.15, -0.1) is 5.10 Å². The van der Waals surface area contributed by atoms with Crippen molar-refractivity contribution >= 4 is 11.9 Å². The van der Waals surface area contributed by atoms with Crippen LogP contribution in [0.15, 0.2) is 40.8 Å². The van der Waals surface area contributed by atoms with Gasteiger partial charge < -0.3 is 4.42 Å². The highest BCUT2D eigenvalue weighted by atomic mass is 19.1. The van der Waals surface area contributed by atoms with E-state index in [-0.39, 0.29) is 11.5 Å². The third-order valence-electron chi connectivity index (χ3n) is 3.00. The predicted octanol–water partition coefficient (Wildman–Crippen LogP) is 3.55. The Hall–Kier alpha value is -3.23. The zero-order valence-corrected chi connectivity index (χ0v) is 11.7. The number of carbonyl (C=O) groups excluding carboxylic acids is 1. The van der Waals surface area contributed by atoms with Gasteiger partial charge in [-0.2, -0.15) is 0 Å². The Morgan fingerprint density at radius 2 is 1.67 bits per heavy atom. The van der Waals surface area contributed by atoms with E-state index in [1.165, 1.54) is 0 Å². The van der Waals surface area contributed by atoms with Gasteiger partial charge in [-0.3, -0.25) is 10.1 Å². The van der Waals surface area contributed by atoms with Crippen molar-refractivity contribution in [2.75, 3.05) is 5.32 Å². The normalized spacial score (nSPS) is 10.7. The van der Waals surface area contributed by atoms with Crippen molar-refractivity contribution < 1.29 is 26.8 Å². The Balaban J connectivity index is 1.85. The molecule has 5 nitrogen and oxygen atoms in total. The van der Waals surface area contributed by atoms with Crippen LogP contribution in [-0.2, 0) is 0 Å². The van der Waals surface area contributed by atoms with Crippen molar-refractivity contribution in [3.05, 3.63) is 65.2 Å². The Bertz CT molecular complexity index is 907. The number of anilines is 1. The van der Waals surface area contributed by atoms with Gasteiger partial charge in [0.25, 0.3) is 11.8 Å². The van der Waals surface area contributed by atoms with E-state index in [2.05, 4.69) is 10.2 Å². The summed E-state index contributed by atoms with van der Waals surface area (Å²) < 4.78 is 58.5. The first-order valence-corrected chi connectivity index (χ1v) is 6.50. The molecule has 0 aliphatic carbocycles. The fraction of sp³-hybridized carbons (Fsp3) is 0. The minimum atomic E-state index is -1.15. The number of benzene rings is 2. The van der Waals surface area contributed by atoms with Gasteiger partial charge in [0.15, 0.2) is 0 Å². The summed E-state index contributed by atoms with van der Waals surface area (Å²) in [4.78, 5) is 11.9. The average molecular weight is 337 g/mol. The number of nitrogens with one attached hydrogen (secondary N) is 1. The molecule has 3 aromatic rings. The minimum absolute atomic E-state index is 0.193. The van der Waals surface area contributed by atoms with Gasteiger partial charge in [-0.1, -0.05) is 11.2 Å². The monoisotopic (exact) mass is 337 g/mol. The van der Waals surface area contributed by atoms with Crippen LogP contribution < -0.4 is 5.32 Å². The van der Waals surface area contributed by atoms with E-state index in [1.807, 2.05) is 5.32 Å². The summed E-state index contributed by atoms with van der Waals surface area (Å²) in [6, 6.07) is 5.09. The molecule has 0 saturated heterocycles. The predicted molar refractivity (Wildman–Crippen MR) is 74.0 cm³/mol. The van der Waals surface area contributed by atoms with E-state index in [0.717, 1.165) is 30.3 Å². The molecule has 1 N–H and O–H groups in total. The molecule has 24 heavy (non-hydrogen) atoms. The van der Waals surface area contributed by atoms with Gasteiger partial charge in [0.2, 0.25) is 0 Å². The van der Waals surface area contributed by atoms with Crippen LogP contribution in [-0.4, -0.2) is 16.1 Å². The summed E-state index contributed by atoms with van der Waals surface area (Å²) in [5.41, 5.74) is -1.02. The molecule has 0 saturated carbocycles. The van der Waals surface area contributed by atoms with Crippen LogP contribution in [0.25, 0.3) is 11.5 Å². The van der Waals surface area contributed by atoms with Crippen molar-refractivity contribution in [3.63, 3.8) is 0 Å². The Labute approximate surface area is 131 Å². The van der Waals surface area contributed by atoms with Crippen molar-refractivity contribution in [1.29, 1.82) is 0 Å². The van der Waals surface area contributed by atoms with Gasteiger partial charge in [-0.05, 0) is 24.3 Å². The quantitative estimate of drug-likeness (QED) is 0.742. The number of halogens is 4. The SMILES string of the molecule is O=C(Nc1nnc(-c2ccc(F)cc2F)o1)c1c(F)cccc1F. The first kappa shape index (κ1) is 15.7. The molecule has 3 rings (SSSR count). The van der Waals surface area contributed by atoms with Gasteiger partial charge >= 0.3 is 6.01 Å². The Kier molecular flexibility index (Phi) is 3.98. The maximum atomic E-state index is 13.6. The van der Waals surface area contributed by atoms with Crippen LogP contribution in [0.1, 0.15) is 10.4 Å². The van der Waals surface area contributed by atoms with E-state index in [1.54, 1.807) is 0 Å². The Morgan fingerprint density at radius 3 is 2.33 bits per heavy atom. The molecule has 0 fully saturated rings. The number of hydrogen-bond donors (Lipinski definition) is 1. The summed E-state index contributed by atoms with van der Waals surface area (Å²) in [5.74, 6) is -5.37.